The molecule has 1 saturated heterocycles. The minimum absolute atomic E-state index is 0.0135. The summed E-state index contributed by atoms with van der Waals surface area (Å²) < 4.78 is 71.3. The molecule has 0 radical (unpaired) electrons. The highest BCUT2D eigenvalue weighted by molar-refractivity contribution is 7.89. The second kappa shape index (κ2) is 8.00. The van der Waals surface area contributed by atoms with Crippen LogP contribution in [0.1, 0.15) is 29.2 Å². The van der Waals surface area contributed by atoms with Crippen LogP contribution in [0, 0.1) is 0 Å². The van der Waals surface area contributed by atoms with E-state index >= 15 is 0 Å². The quantitative estimate of drug-likeness (QED) is 0.481. The highest BCUT2D eigenvalue weighted by Crippen LogP contribution is 2.29. The number of nitrogens with zero attached hydrogens (tertiary/aromatic N) is 1. The van der Waals surface area contributed by atoms with Gasteiger partial charge in [-0.1, -0.05) is 18.2 Å². The Morgan fingerprint density at radius 2 is 1.86 bits per heavy atom. The molecule has 0 spiro atoms. The number of H-pyrrole nitrogens is 2. The first-order valence-corrected chi connectivity index (χ1v) is 9.95. The number of halogens is 3. The lowest BCUT2D eigenvalue weighted by atomic mass is 10.1. The largest absolute Gasteiger partial charge is 0.494 e. The zero-order valence-electron chi connectivity index (χ0n) is 14.9. The summed E-state index contributed by atoms with van der Waals surface area (Å²) in [5.74, 6) is -2.32. The Balaban J connectivity index is 1.79. The molecule has 9 nitrogen and oxygen atoms in total. The number of amides is 1. The second-order valence-corrected chi connectivity index (χ2v) is 8.18. The predicted molar refractivity (Wildman–Crippen MR) is 90.5 cm³/mol. The van der Waals surface area contributed by atoms with E-state index in [1.54, 1.807) is 34.2 Å². The third kappa shape index (κ3) is 4.52. The van der Waals surface area contributed by atoms with Crippen molar-refractivity contribution >= 4 is 15.9 Å². The fourth-order valence-electron chi connectivity index (χ4n) is 2.95. The molecule has 0 saturated carbocycles. The van der Waals surface area contributed by atoms with Crippen molar-refractivity contribution in [1.29, 1.82) is 0 Å². The molecule has 13 heteroatoms. The average Bonchev–Trinajstić information content (AvgIpc) is 3.15. The van der Waals surface area contributed by atoms with Crippen molar-refractivity contribution < 1.29 is 41.3 Å². The maximum atomic E-state index is 13.0. The van der Waals surface area contributed by atoms with Crippen LogP contribution < -0.4 is 15.2 Å². The molecule has 1 fully saturated rings. The number of hydrogen-bond acceptors (Lipinski definition) is 5. The number of imidazole rings is 1. The van der Waals surface area contributed by atoms with Gasteiger partial charge >= 0.3 is 17.9 Å². The average molecular weight is 435 g/mol. The van der Waals surface area contributed by atoms with E-state index in [0.29, 0.717) is 18.6 Å². The number of carbonyl (C=O) groups excluding carboxylic acids is 1. The van der Waals surface area contributed by atoms with Gasteiger partial charge in [-0.3, -0.25) is 10.0 Å². The molecule has 0 unspecified atom stereocenters. The van der Waals surface area contributed by atoms with Gasteiger partial charge in [0.15, 0.2) is 0 Å². The van der Waals surface area contributed by atoms with Crippen molar-refractivity contribution in [3.05, 3.63) is 41.9 Å². The minimum Gasteiger partial charge on any atom is -0.490 e. The topological polar surface area (TPSA) is 126 Å². The van der Waals surface area contributed by atoms with E-state index in [0.717, 1.165) is 9.79 Å². The molecule has 4 N–H and O–H groups in total. The van der Waals surface area contributed by atoms with Gasteiger partial charge in [0.2, 0.25) is 0 Å². The number of aromatic nitrogens is 2. The molecule has 1 aromatic heterocycles. The predicted octanol–water partition coefficient (Wildman–Crippen LogP) is 1.20. The number of piperidine rings is 1. The van der Waals surface area contributed by atoms with Crippen LogP contribution in [0.3, 0.4) is 0 Å². The Labute approximate surface area is 163 Å². The van der Waals surface area contributed by atoms with Crippen molar-refractivity contribution in [2.75, 3.05) is 13.1 Å². The van der Waals surface area contributed by atoms with Crippen LogP contribution in [0.4, 0.5) is 13.2 Å². The molecule has 0 bridgehead atoms. The van der Waals surface area contributed by atoms with Crippen LogP contribution in [0.5, 0.6) is 5.75 Å². The monoisotopic (exact) mass is 435 g/mol. The number of rotatable bonds is 5. The Morgan fingerprint density at radius 3 is 2.41 bits per heavy atom. The van der Waals surface area contributed by atoms with Crippen molar-refractivity contribution in [3.8, 4) is 5.75 Å². The highest BCUT2D eigenvalue weighted by atomic mass is 32.2. The van der Waals surface area contributed by atoms with Crippen LogP contribution in [-0.4, -0.2) is 48.0 Å². The minimum atomic E-state index is -4.95. The molecule has 3 rings (SSSR count). The molecular formula is C16H18F3N4O5S+. The lowest BCUT2D eigenvalue weighted by Gasteiger charge is -2.30. The fourth-order valence-corrected chi connectivity index (χ4v) is 4.53. The summed E-state index contributed by atoms with van der Waals surface area (Å²) in [6.45, 7) is -0.0270. The summed E-state index contributed by atoms with van der Waals surface area (Å²) in [6, 6.07) is 8.93. The SMILES string of the molecule is O=C(NO)c1[nH+]c(C(F)(F)F)[nH]c1S(=O)(=O)N1CCC(Oc2ccccc2)CC1. The summed E-state index contributed by atoms with van der Waals surface area (Å²) in [6.07, 6.45) is -4.59. The van der Waals surface area contributed by atoms with Crippen molar-refractivity contribution in [2.45, 2.75) is 30.1 Å². The second-order valence-electron chi connectivity index (χ2n) is 6.30. The molecule has 1 aromatic carbocycles. The van der Waals surface area contributed by atoms with E-state index in [1.165, 1.54) is 0 Å². The van der Waals surface area contributed by atoms with Gasteiger partial charge in [-0.05, 0) is 25.0 Å². The number of carbonyl (C=O) groups is 1. The number of sulfonamides is 1. The van der Waals surface area contributed by atoms with Crippen molar-refractivity contribution in [3.63, 3.8) is 0 Å². The number of hydrogen-bond donors (Lipinski definition) is 3. The number of alkyl halides is 3. The standard InChI is InChI=1S/C16H17F3N4O5S/c17-16(18,19)15-20-12(13(24)22-25)14(21-15)29(26,27)23-8-6-11(7-9-23)28-10-4-2-1-3-5-10/h1-5,11,25H,6-9H2,(H,20,21)(H,22,24)/p+1. The van der Waals surface area contributed by atoms with Gasteiger partial charge in [-0.2, -0.15) is 17.5 Å². The first kappa shape index (κ1) is 21.1. The zero-order valence-corrected chi connectivity index (χ0v) is 15.7. The highest BCUT2D eigenvalue weighted by Gasteiger charge is 2.47. The molecule has 0 atom stereocenters. The number of para-hydroxylation sites is 1. The molecule has 2 aromatic rings. The first-order chi connectivity index (χ1) is 13.6. The Bertz CT molecular complexity index is 970. The maximum absolute atomic E-state index is 13.0. The summed E-state index contributed by atoms with van der Waals surface area (Å²) in [4.78, 5) is 15.1. The van der Waals surface area contributed by atoms with E-state index in [9.17, 15) is 26.4 Å². The van der Waals surface area contributed by atoms with E-state index < -0.39 is 38.7 Å². The van der Waals surface area contributed by atoms with Crippen LogP contribution >= 0.6 is 0 Å². The van der Waals surface area contributed by atoms with Gasteiger partial charge < -0.3 is 4.74 Å². The summed E-state index contributed by atoms with van der Waals surface area (Å²) in [5, 5.41) is 7.76. The Kier molecular flexibility index (Phi) is 5.82. The van der Waals surface area contributed by atoms with Gasteiger partial charge in [0.05, 0.1) is 0 Å². The van der Waals surface area contributed by atoms with E-state index in [1.807, 2.05) is 6.07 Å². The first-order valence-electron chi connectivity index (χ1n) is 8.51. The molecule has 1 aliphatic heterocycles. The lowest BCUT2D eigenvalue weighted by molar-refractivity contribution is -0.428. The van der Waals surface area contributed by atoms with E-state index in [4.69, 9.17) is 9.94 Å². The molecule has 0 aliphatic carbocycles. The van der Waals surface area contributed by atoms with Crippen LogP contribution in [0.15, 0.2) is 35.4 Å². The van der Waals surface area contributed by atoms with E-state index in [2.05, 4.69) is 0 Å². The summed E-state index contributed by atoms with van der Waals surface area (Å²) >= 11 is 0. The van der Waals surface area contributed by atoms with Gasteiger partial charge in [0.25, 0.3) is 20.7 Å². The molecule has 2 heterocycles. The van der Waals surface area contributed by atoms with Crippen LogP contribution in [0.25, 0.3) is 0 Å². The Hall–Kier alpha value is -2.64. The molecular weight excluding hydrogens is 417 g/mol. The summed E-state index contributed by atoms with van der Waals surface area (Å²) in [5.41, 5.74) is 0.193. The third-order valence-corrected chi connectivity index (χ3v) is 6.24. The van der Waals surface area contributed by atoms with Crippen molar-refractivity contribution in [2.24, 2.45) is 0 Å². The van der Waals surface area contributed by atoms with Crippen LogP contribution in [-0.2, 0) is 16.2 Å². The van der Waals surface area contributed by atoms with E-state index in [-0.39, 0.29) is 19.2 Å². The maximum Gasteiger partial charge on any atom is 0.494 e. The number of ether oxygens (including phenoxy) is 1. The van der Waals surface area contributed by atoms with Gasteiger partial charge in [0, 0.05) is 13.1 Å². The molecule has 29 heavy (non-hydrogen) atoms. The molecule has 1 aliphatic rings. The lowest BCUT2D eigenvalue weighted by Crippen LogP contribution is -2.42. The van der Waals surface area contributed by atoms with Crippen LogP contribution in [0.2, 0.25) is 0 Å². The van der Waals surface area contributed by atoms with Gasteiger partial charge in [0.1, 0.15) is 11.9 Å². The number of benzene rings is 1. The Morgan fingerprint density at radius 1 is 1.24 bits per heavy atom. The van der Waals surface area contributed by atoms with Gasteiger partial charge in [-0.15, -0.1) is 0 Å². The molecule has 1 amide bonds. The normalized spacial score (nSPS) is 16.6. The number of hydroxylamine groups is 1. The zero-order chi connectivity index (χ0) is 21.2. The number of aromatic amines is 2. The molecule has 158 valence electrons. The fraction of sp³-hybridized carbons (Fsp3) is 0.375. The third-order valence-electron chi connectivity index (χ3n) is 4.37. The van der Waals surface area contributed by atoms with Crippen molar-refractivity contribution in [1.82, 2.24) is 14.8 Å². The summed E-state index contributed by atoms with van der Waals surface area (Å²) in [7, 11) is -4.46. The van der Waals surface area contributed by atoms with Gasteiger partial charge in [-0.25, -0.2) is 23.9 Å². The smallest absolute Gasteiger partial charge is 0.490 e. The number of nitrogens with one attached hydrogen (secondary N) is 3.